The summed E-state index contributed by atoms with van der Waals surface area (Å²) < 4.78 is 1.41. The number of nitrogens with one attached hydrogen (secondary N) is 3. The Morgan fingerprint density at radius 2 is 1.76 bits per heavy atom. The van der Waals surface area contributed by atoms with E-state index in [-0.39, 0.29) is 60.2 Å². The predicted molar refractivity (Wildman–Crippen MR) is 227 cm³/mol. The Morgan fingerprint density at radius 3 is 2.53 bits per heavy atom. The second-order valence-electron chi connectivity index (χ2n) is 15.8. The largest absolute Gasteiger partial charge is 0.388 e. The fourth-order valence-corrected chi connectivity index (χ4v) is 8.19. The van der Waals surface area contributed by atoms with E-state index in [1.807, 2.05) is 49.3 Å². The van der Waals surface area contributed by atoms with Gasteiger partial charge in [-0.15, -0.1) is 0 Å². The Hall–Kier alpha value is -5.70. The lowest BCUT2D eigenvalue weighted by atomic mass is 9.88. The van der Waals surface area contributed by atoms with Crippen molar-refractivity contribution < 1.29 is 24.3 Å². The molecule has 59 heavy (non-hydrogen) atoms. The highest BCUT2D eigenvalue weighted by Crippen LogP contribution is 2.31. The molecule has 4 heterocycles. The highest BCUT2D eigenvalue weighted by molar-refractivity contribution is 6.36. The van der Waals surface area contributed by atoms with Gasteiger partial charge in [0.05, 0.1) is 39.9 Å². The molecule has 0 spiro atoms. The zero-order chi connectivity index (χ0) is 41.7. The van der Waals surface area contributed by atoms with Crippen molar-refractivity contribution in [1.29, 1.82) is 0 Å². The number of benzene rings is 3. The first kappa shape index (κ1) is 41.5. The number of fused-ring (bicyclic) bond motifs is 3. The number of piperidine rings is 1. The second-order valence-corrected chi connectivity index (χ2v) is 16.2. The Labute approximate surface area is 347 Å². The molecule has 5 aromatic rings. The van der Waals surface area contributed by atoms with Crippen molar-refractivity contribution in [2.45, 2.75) is 57.1 Å². The smallest absolute Gasteiger partial charge is 0.270 e. The molecule has 2 aliphatic rings. The van der Waals surface area contributed by atoms with E-state index in [4.69, 9.17) is 11.6 Å². The Morgan fingerprint density at radius 1 is 1.00 bits per heavy atom. The number of hydrogen-bond acceptors (Lipinski definition) is 9. The number of anilines is 1. The van der Waals surface area contributed by atoms with Crippen molar-refractivity contribution in [1.82, 2.24) is 35.0 Å². The topological polar surface area (TPSA) is 179 Å². The van der Waals surface area contributed by atoms with Crippen LogP contribution in [0.15, 0.2) is 77.9 Å². The third-order valence-electron chi connectivity index (χ3n) is 11.2. The van der Waals surface area contributed by atoms with Gasteiger partial charge in [-0.05, 0) is 88.5 Å². The standard InChI is InChI=1S/C44H49ClN8O6/c1-51(2)20-15-37(54)49-31-11-13-33-35(25-31)48-27-53(43(33)58)26-44(59)16-21-52(22-17-44)42(57)30(23-28-7-4-3-5-8-28)9-6-18-46-40(55)29-10-12-32-36(24-29)50-39-34(38(32)45)14-19-47-41(39)56/h3-5,7-8,10-13,24-25,27,30,59H,6,9,14-23,26H2,1-2H3,(H,46,55)(H,47,56)(H,49,54). The maximum Gasteiger partial charge on any atom is 0.270 e. The molecule has 0 saturated carbocycles. The van der Waals surface area contributed by atoms with Crippen molar-refractivity contribution in [3.63, 3.8) is 0 Å². The summed E-state index contributed by atoms with van der Waals surface area (Å²) in [6.45, 7) is 2.14. The van der Waals surface area contributed by atoms with Crippen molar-refractivity contribution in [3.8, 4) is 0 Å². The Balaban J connectivity index is 0.951. The third-order valence-corrected chi connectivity index (χ3v) is 11.6. The van der Waals surface area contributed by atoms with E-state index >= 15 is 0 Å². The van der Waals surface area contributed by atoms with Crippen LogP contribution in [0.2, 0.25) is 5.02 Å². The summed E-state index contributed by atoms with van der Waals surface area (Å²) in [4.78, 5) is 78.2. The lowest BCUT2D eigenvalue weighted by Gasteiger charge is -2.39. The van der Waals surface area contributed by atoms with Gasteiger partial charge in [0.1, 0.15) is 5.69 Å². The minimum absolute atomic E-state index is 0.0128. The number of aliphatic hydroxyl groups is 1. The fourth-order valence-electron chi connectivity index (χ4n) is 7.84. The molecule has 1 fully saturated rings. The van der Waals surface area contributed by atoms with Gasteiger partial charge in [0.15, 0.2) is 0 Å². The van der Waals surface area contributed by atoms with Crippen LogP contribution in [0.1, 0.15) is 64.1 Å². The number of hydrogen-bond donors (Lipinski definition) is 4. The van der Waals surface area contributed by atoms with Gasteiger partial charge < -0.3 is 30.9 Å². The fraction of sp³-hybridized carbons (Fsp3) is 0.386. The van der Waals surface area contributed by atoms with E-state index in [0.717, 1.165) is 5.56 Å². The van der Waals surface area contributed by atoms with Crippen molar-refractivity contribution in [2.75, 3.05) is 52.1 Å². The molecule has 1 unspecified atom stereocenters. The molecule has 2 aromatic heterocycles. The summed E-state index contributed by atoms with van der Waals surface area (Å²) in [7, 11) is 3.80. The summed E-state index contributed by atoms with van der Waals surface area (Å²) in [5.74, 6) is -1.07. The summed E-state index contributed by atoms with van der Waals surface area (Å²) in [5, 5.41) is 21.8. The number of nitrogens with zero attached hydrogens (tertiary/aromatic N) is 5. The minimum Gasteiger partial charge on any atom is -0.388 e. The molecule has 15 heteroatoms. The minimum atomic E-state index is -1.22. The van der Waals surface area contributed by atoms with Gasteiger partial charge in [-0.3, -0.25) is 28.5 Å². The molecule has 0 bridgehead atoms. The summed E-state index contributed by atoms with van der Waals surface area (Å²) in [5.41, 5.74) is 2.37. The monoisotopic (exact) mass is 820 g/mol. The lowest BCUT2D eigenvalue weighted by Crippen LogP contribution is -2.51. The molecule has 4 amide bonds. The van der Waals surface area contributed by atoms with E-state index in [1.165, 1.54) is 10.9 Å². The van der Waals surface area contributed by atoms with E-state index in [1.54, 1.807) is 41.3 Å². The molecule has 1 saturated heterocycles. The molecule has 308 valence electrons. The van der Waals surface area contributed by atoms with Crippen LogP contribution in [0.25, 0.3) is 21.8 Å². The number of carbonyl (C=O) groups excluding carboxylic acids is 4. The van der Waals surface area contributed by atoms with Crippen LogP contribution in [0, 0.1) is 5.92 Å². The van der Waals surface area contributed by atoms with Crippen molar-refractivity contribution >= 4 is 62.7 Å². The SMILES string of the molecule is CN(C)CCC(=O)Nc1ccc2c(=O)n(CC3(O)CCN(C(=O)C(CCCNC(=O)c4ccc5c(Cl)c6c(nc5c4)C(=O)NCC6)Cc4ccccc4)CC3)cnc2c1. The maximum absolute atomic E-state index is 14.1. The second kappa shape index (κ2) is 18.1. The van der Waals surface area contributed by atoms with Crippen LogP contribution >= 0.6 is 11.6 Å². The van der Waals surface area contributed by atoms with Crippen LogP contribution in [0.5, 0.6) is 0 Å². The number of carbonyl (C=O) groups is 4. The first-order chi connectivity index (χ1) is 28.4. The highest BCUT2D eigenvalue weighted by atomic mass is 35.5. The molecule has 7 rings (SSSR count). The van der Waals surface area contributed by atoms with Gasteiger partial charge in [0, 0.05) is 67.3 Å². The molecule has 4 N–H and O–H groups in total. The van der Waals surface area contributed by atoms with E-state index in [2.05, 4.69) is 25.9 Å². The zero-order valence-corrected chi connectivity index (χ0v) is 34.1. The molecule has 2 aliphatic heterocycles. The quantitative estimate of drug-likeness (QED) is 0.120. The number of likely N-dealkylation sites (tertiary alicyclic amines) is 1. The number of aromatic nitrogens is 3. The average molecular weight is 821 g/mol. The molecule has 14 nitrogen and oxygen atoms in total. The van der Waals surface area contributed by atoms with Crippen molar-refractivity contribution in [3.05, 3.63) is 111 Å². The van der Waals surface area contributed by atoms with Gasteiger partial charge >= 0.3 is 0 Å². The van der Waals surface area contributed by atoms with Crippen LogP contribution < -0.4 is 21.5 Å². The van der Waals surface area contributed by atoms with Crippen LogP contribution in [-0.2, 0) is 29.0 Å². The first-order valence-corrected chi connectivity index (χ1v) is 20.4. The third kappa shape index (κ3) is 9.78. The van der Waals surface area contributed by atoms with Gasteiger partial charge in [0.2, 0.25) is 11.8 Å². The van der Waals surface area contributed by atoms with Gasteiger partial charge in [-0.1, -0.05) is 48.0 Å². The molecular formula is C44H49ClN8O6. The van der Waals surface area contributed by atoms with Crippen LogP contribution in [-0.4, -0.2) is 105 Å². The summed E-state index contributed by atoms with van der Waals surface area (Å²) >= 11 is 6.64. The van der Waals surface area contributed by atoms with E-state index in [9.17, 15) is 29.1 Å². The van der Waals surface area contributed by atoms with Crippen LogP contribution in [0.3, 0.4) is 0 Å². The van der Waals surface area contributed by atoms with Gasteiger partial charge in [0.25, 0.3) is 17.4 Å². The highest BCUT2D eigenvalue weighted by Gasteiger charge is 2.36. The maximum atomic E-state index is 14.1. The zero-order valence-electron chi connectivity index (χ0n) is 33.3. The van der Waals surface area contributed by atoms with E-state index < -0.39 is 5.60 Å². The first-order valence-electron chi connectivity index (χ1n) is 20.0. The molecular weight excluding hydrogens is 772 g/mol. The van der Waals surface area contributed by atoms with Gasteiger partial charge in [-0.25, -0.2) is 9.97 Å². The van der Waals surface area contributed by atoms with E-state index in [0.29, 0.717) is 108 Å². The molecule has 0 radical (unpaired) electrons. The number of halogens is 1. The number of amides is 4. The number of pyridine rings is 1. The van der Waals surface area contributed by atoms with Gasteiger partial charge in [-0.2, -0.15) is 0 Å². The predicted octanol–water partition coefficient (Wildman–Crippen LogP) is 4.20. The Kier molecular flexibility index (Phi) is 12.7. The normalized spacial score (nSPS) is 15.5. The molecule has 0 aliphatic carbocycles. The average Bonchev–Trinajstić information content (AvgIpc) is 3.23. The lowest BCUT2D eigenvalue weighted by molar-refractivity contribution is -0.140. The molecule has 3 aromatic carbocycles. The molecule has 1 atom stereocenters. The summed E-state index contributed by atoms with van der Waals surface area (Å²) in [6, 6.07) is 19.9. The van der Waals surface area contributed by atoms with Crippen molar-refractivity contribution in [2.24, 2.45) is 5.92 Å². The number of rotatable bonds is 14. The summed E-state index contributed by atoms with van der Waals surface area (Å²) in [6.07, 6.45) is 4.54. The van der Waals surface area contributed by atoms with Crippen LogP contribution in [0.4, 0.5) is 5.69 Å². The Bertz CT molecular complexity index is 2450.